The molecule has 3 rings (SSSR count). The smallest absolute Gasteiger partial charge is 0.0594 e. The Morgan fingerprint density at radius 3 is 2.73 bits per heavy atom. The van der Waals surface area contributed by atoms with E-state index in [1.54, 1.807) is 0 Å². The first-order valence-corrected chi connectivity index (χ1v) is 10.3. The predicted molar refractivity (Wildman–Crippen MR) is 95.8 cm³/mol. The van der Waals surface area contributed by atoms with Gasteiger partial charge in [-0.25, -0.2) is 0 Å². The van der Waals surface area contributed by atoms with Gasteiger partial charge < -0.3 is 10.1 Å². The van der Waals surface area contributed by atoms with Crippen molar-refractivity contribution in [2.75, 3.05) is 55.9 Å². The van der Waals surface area contributed by atoms with Crippen LogP contribution in [0.1, 0.15) is 11.6 Å². The Morgan fingerprint density at radius 2 is 2.05 bits per heavy atom. The molecule has 0 amide bonds. The van der Waals surface area contributed by atoms with Crippen molar-refractivity contribution in [2.24, 2.45) is 0 Å². The molecule has 1 unspecified atom stereocenters. The number of rotatable bonds is 5. The van der Waals surface area contributed by atoms with Crippen LogP contribution in [0.3, 0.4) is 0 Å². The van der Waals surface area contributed by atoms with Gasteiger partial charge in [0.1, 0.15) is 0 Å². The number of morpholine rings is 1. The summed E-state index contributed by atoms with van der Waals surface area (Å²) in [6, 6.07) is 5.26. The fourth-order valence-electron chi connectivity index (χ4n) is 2.93. The lowest BCUT2D eigenvalue weighted by molar-refractivity contribution is 0.0158. The van der Waals surface area contributed by atoms with Crippen molar-refractivity contribution in [3.05, 3.63) is 30.1 Å². The van der Waals surface area contributed by atoms with Crippen LogP contribution in [-0.4, -0.2) is 71.8 Å². The van der Waals surface area contributed by atoms with Crippen LogP contribution in [0.4, 0.5) is 0 Å². The Hall–Kier alpha value is -0.270. The summed E-state index contributed by atoms with van der Waals surface area (Å²) >= 11 is 4.16. The summed E-state index contributed by atoms with van der Waals surface area (Å²) in [5.74, 6) is 5.04. The molecule has 6 heteroatoms. The van der Waals surface area contributed by atoms with Crippen molar-refractivity contribution in [2.45, 2.75) is 12.1 Å². The second-order valence-electron chi connectivity index (χ2n) is 5.71. The van der Waals surface area contributed by atoms with E-state index in [4.69, 9.17) is 4.74 Å². The maximum Gasteiger partial charge on any atom is 0.0594 e. The lowest BCUT2D eigenvalue weighted by atomic mass is 10.1. The van der Waals surface area contributed by atoms with Gasteiger partial charge in [-0.15, -0.1) is 0 Å². The van der Waals surface area contributed by atoms with E-state index in [0.717, 1.165) is 32.8 Å². The maximum absolute atomic E-state index is 5.51. The highest BCUT2D eigenvalue weighted by molar-refractivity contribution is 8.03. The van der Waals surface area contributed by atoms with Crippen LogP contribution in [-0.2, 0) is 4.74 Å². The number of aromatic nitrogens is 1. The topological polar surface area (TPSA) is 37.4 Å². The van der Waals surface area contributed by atoms with E-state index in [9.17, 15) is 0 Å². The highest BCUT2D eigenvalue weighted by Crippen LogP contribution is 2.22. The SMILES string of the molecule is c1cncc(C(CNC2CSCCSC2)N2CCOCC2)c1. The molecule has 2 fully saturated rings. The third-order valence-corrected chi connectivity index (χ3v) is 6.69. The maximum atomic E-state index is 5.51. The number of ether oxygens (including phenoxy) is 1. The molecular formula is C16H25N3OS2. The Morgan fingerprint density at radius 1 is 1.27 bits per heavy atom. The molecule has 4 nitrogen and oxygen atoms in total. The molecule has 0 saturated carbocycles. The van der Waals surface area contributed by atoms with Crippen molar-refractivity contribution in [3.63, 3.8) is 0 Å². The normalized spacial score (nSPS) is 23.1. The minimum absolute atomic E-state index is 0.399. The minimum Gasteiger partial charge on any atom is -0.379 e. The number of hydrogen-bond acceptors (Lipinski definition) is 6. The van der Waals surface area contributed by atoms with Gasteiger partial charge in [0, 0.05) is 67.1 Å². The average Bonchev–Trinajstić information content (AvgIpc) is 2.86. The second-order valence-corrected chi connectivity index (χ2v) is 8.01. The molecule has 2 aliphatic heterocycles. The van der Waals surface area contributed by atoms with E-state index in [1.807, 2.05) is 18.5 Å². The van der Waals surface area contributed by atoms with Gasteiger partial charge in [-0.2, -0.15) is 23.5 Å². The standard InChI is InChI=1S/C16H25N3OS2/c1-2-14(10-17-3-1)16(19-4-6-20-7-5-19)11-18-15-12-21-8-9-22-13-15/h1-3,10,15-16,18H,4-9,11-13H2. The van der Waals surface area contributed by atoms with Gasteiger partial charge in [0.15, 0.2) is 0 Å². The molecule has 0 aromatic carbocycles. The molecule has 3 heterocycles. The fourth-order valence-corrected chi connectivity index (χ4v) is 5.40. The third-order valence-electron chi connectivity index (χ3n) is 4.17. The third kappa shape index (κ3) is 4.86. The summed E-state index contributed by atoms with van der Waals surface area (Å²) in [6.45, 7) is 4.69. The first-order valence-electron chi connectivity index (χ1n) is 8.04. The number of nitrogens with zero attached hydrogens (tertiary/aromatic N) is 2. The summed E-state index contributed by atoms with van der Waals surface area (Å²) in [5.41, 5.74) is 1.31. The lowest BCUT2D eigenvalue weighted by Gasteiger charge is -2.35. The highest BCUT2D eigenvalue weighted by atomic mass is 32.2. The molecule has 0 bridgehead atoms. The Bertz CT molecular complexity index is 421. The molecule has 1 N–H and O–H groups in total. The predicted octanol–water partition coefficient (Wildman–Crippen LogP) is 1.89. The van der Waals surface area contributed by atoms with Crippen LogP contribution in [0.2, 0.25) is 0 Å². The van der Waals surface area contributed by atoms with Gasteiger partial charge in [0.05, 0.1) is 13.2 Å². The first kappa shape index (κ1) is 16.6. The quantitative estimate of drug-likeness (QED) is 0.883. The van der Waals surface area contributed by atoms with Gasteiger partial charge >= 0.3 is 0 Å². The molecule has 2 saturated heterocycles. The van der Waals surface area contributed by atoms with Crippen molar-refractivity contribution >= 4 is 23.5 Å². The van der Waals surface area contributed by atoms with E-state index >= 15 is 0 Å². The zero-order valence-electron chi connectivity index (χ0n) is 12.9. The summed E-state index contributed by atoms with van der Waals surface area (Å²) in [5, 5.41) is 3.81. The van der Waals surface area contributed by atoms with Crippen LogP contribution in [0.5, 0.6) is 0 Å². The van der Waals surface area contributed by atoms with Gasteiger partial charge in [-0.3, -0.25) is 9.88 Å². The Labute approximate surface area is 141 Å². The zero-order valence-corrected chi connectivity index (χ0v) is 14.6. The highest BCUT2D eigenvalue weighted by Gasteiger charge is 2.24. The van der Waals surface area contributed by atoms with Gasteiger partial charge in [0.25, 0.3) is 0 Å². The van der Waals surface area contributed by atoms with Crippen LogP contribution >= 0.6 is 23.5 Å². The molecule has 22 heavy (non-hydrogen) atoms. The second kappa shape index (κ2) is 9.13. The Balaban J connectivity index is 1.62. The van der Waals surface area contributed by atoms with Crippen LogP contribution < -0.4 is 5.32 Å². The first-order chi connectivity index (χ1) is 10.9. The largest absolute Gasteiger partial charge is 0.379 e. The zero-order chi connectivity index (χ0) is 15.0. The van der Waals surface area contributed by atoms with Crippen molar-refractivity contribution in [1.29, 1.82) is 0 Å². The lowest BCUT2D eigenvalue weighted by Crippen LogP contribution is -2.45. The number of pyridine rings is 1. The van der Waals surface area contributed by atoms with Gasteiger partial charge in [-0.05, 0) is 11.6 Å². The number of thioether (sulfide) groups is 2. The fraction of sp³-hybridized carbons (Fsp3) is 0.688. The van der Waals surface area contributed by atoms with E-state index < -0.39 is 0 Å². The van der Waals surface area contributed by atoms with Gasteiger partial charge in [0.2, 0.25) is 0 Å². The molecule has 1 aromatic rings. The molecule has 1 atom stereocenters. The van der Waals surface area contributed by atoms with Crippen LogP contribution in [0.15, 0.2) is 24.5 Å². The summed E-state index contributed by atoms with van der Waals surface area (Å²) in [4.78, 5) is 6.85. The molecule has 0 radical (unpaired) electrons. The summed E-state index contributed by atoms with van der Waals surface area (Å²) in [6.07, 6.45) is 3.87. The number of hydrogen-bond donors (Lipinski definition) is 1. The summed E-state index contributed by atoms with van der Waals surface area (Å²) < 4.78 is 5.51. The van der Waals surface area contributed by atoms with Gasteiger partial charge in [-0.1, -0.05) is 6.07 Å². The van der Waals surface area contributed by atoms with E-state index in [2.05, 4.69) is 44.8 Å². The van der Waals surface area contributed by atoms with E-state index in [0.29, 0.717) is 12.1 Å². The Kier molecular flexibility index (Phi) is 6.88. The molecule has 2 aliphatic rings. The monoisotopic (exact) mass is 339 g/mol. The van der Waals surface area contributed by atoms with E-state index in [1.165, 1.54) is 28.6 Å². The molecule has 0 spiro atoms. The van der Waals surface area contributed by atoms with Crippen molar-refractivity contribution in [1.82, 2.24) is 15.2 Å². The molecule has 122 valence electrons. The van der Waals surface area contributed by atoms with Crippen LogP contribution in [0.25, 0.3) is 0 Å². The minimum atomic E-state index is 0.399. The van der Waals surface area contributed by atoms with E-state index in [-0.39, 0.29) is 0 Å². The molecule has 1 aromatic heterocycles. The van der Waals surface area contributed by atoms with Crippen LogP contribution in [0, 0.1) is 0 Å². The molecule has 0 aliphatic carbocycles. The summed E-state index contributed by atoms with van der Waals surface area (Å²) in [7, 11) is 0. The van der Waals surface area contributed by atoms with Crippen molar-refractivity contribution in [3.8, 4) is 0 Å². The average molecular weight is 340 g/mol. The molecular weight excluding hydrogens is 314 g/mol. The van der Waals surface area contributed by atoms with Crippen molar-refractivity contribution < 1.29 is 4.74 Å². The number of nitrogens with one attached hydrogen (secondary N) is 1.